The van der Waals surface area contributed by atoms with Gasteiger partial charge in [0.25, 0.3) is 0 Å². The van der Waals surface area contributed by atoms with Gasteiger partial charge in [0.05, 0.1) is 32.8 Å². The third kappa shape index (κ3) is 25.3. The highest BCUT2D eigenvalue weighted by Gasteiger charge is 2.32. The Labute approximate surface area is 268 Å². The Hall–Kier alpha value is 0.280. The predicted octanol–water partition coefficient (Wildman–Crippen LogP) is 5.35. The quantitative estimate of drug-likeness (QED) is 0.0815. The first-order valence-electron chi connectivity index (χ1n) is 18.2. The van der Waals surface area contributed by atoms with Crippen molar-refractivity contribution in [1.82, 2.24) is 4.90 Å². The van der Waals surface area contributed by atoms with Crippen molar-refractivity contribution < 1.29 is 30.9 Å². The van der Waals surface area contributed by atoms with Gasteiger partial charge in [0, 0.05) is 39.3 Å². The van der Waals surface area contributed by atoms with E-state index >= 15 is 0 Å². The van der Waals surface area contributed by atoms with Crippen molar-refractivity contribution in [3.8, 4) is 0 Å². The Kier molecular flexibility index (Phi) is 31.9. The van der Waals surface area contributed by atoms with Gasteiger partial charge in [0.2, 0.25) is 0 Å². The van der Waals surface area contributed by atoms with E-state index in [9.17, 15) is 0 Å². The zero-order chi connectivity index (χ0) is 28.8. The Morgan fingerprint density at radius 2 is 0.927 bits per heavy atom. The number of halogens is 1. The molecule has 0 radical (unpaired) electrons. The molecule has 0 aromatic heterocycles. The predicted molar refractivity (Wildman–Crippen MR) is 175 cm³/mol. The van der Waals surface area contributed by atoms with Crippen LogP contribution in [0.5, 0.6) is 0 Å². The molecule has 0 aliphatic carbocycles. The molecule has 5 nitrogen and oxygen atoms in total. The first kappa shape index (κ1) is 41.3. The van der Waals surface area contributed by atoms with Crippen LogP contribution in [0.1, 0.15) is 149 Å². The average Bonchev–Trinajstić information content (AvgIpc) is 2.98. The maximum absolute atomic E-state index is 6.11. The largest absolute Gasteiger partial charge is 1.00 e. The molecule has 6 heteroatoms. The zero-order valence-electron chi connectivity index (χ0n) is 28.0. The highest BCUT2D eigenvalue weighted by Crippen LogP contribution is 2.15. The summed E-state index contributed by atoms with van der Waals surface area (Å²) in [6.45, 7) is 17.4. The number of nitrogens with zero attached hydrogens (tertiary/aromatic N) is 2. The number of hydrogen-bond donors (Lipinski definition) is 1. The first-order chi connectivity index (χ1) is 19.8. The van der Waals surface area contributed by atoms with Gasteiger partial charge < -0.3 is 36.7 Å². The van der Waals surface area contributed by atoms with E-state index in [4.69, 9.17) is 15.2 Å². The molecule has 1 aliphatic heterocycles. The minimum absolute atomic E-state index is 0. The van der Waals surface area contributed by atoms with E-state index in [1.165, 1.54) is 166 Å². The van der Waals surface area contributed by atoms with Crippen LogP contribution >= 0.6 is 0 Å². The zero-order valence-corrected chi connectivity index (χ0v) is 29.6. The maximum atomic E-state index is 6.11. The van der Waals surface area contributed by atoms with E-state index in [0.29, 0.717) is 0 Å². The third-order valence-corrected chi connectivity index (χ3v) is 9.16. The van der Waals surface area contributed by atoms with Crippen molar-refractivity contribution in [3.63, 3.8) is 0 Å². The molecule has 1 fully saturated rings. The maximum Gasteiger partial charge on any atom is 0.102 e. The first-order valence-corrected chi connectivity index (χ1v) is 18.2. The molecule has 1 aliphatic rings. The molecule has 0 unspecified atom stereocenters. The summed E-state index contributed by atoms with van der Waals surface area (Å²) < 4.78 is 13.3. The molecular formula is C35H74BrN3O2. The molecule has 0 saturated carbocycles. The lowest BCUT2D eigenvalue weighted by Gasteiger charge is -2.45. The summed E-state index contributed by atoms with van der Waals surface area (Å²) in [5.41, 5.74) is 5.90. The average molecular weight is 649 g/mol. The highest BCUT2D eigenvalue weighted by atomic mass is 79.9. The molecule has 41 heavy (non-hydrogen) atoms. The number of piperazine rings is 1. The van der Waals surface area contributed by atoms with E-state index in [1.807, 2.05) is 0 Å². The van der Waals surface area contributed by atoms with E-state index in [-0.39, 0.29) is 17.0 Å². The summed E-state index contributed by atoms with van der Waals surface area (Å²) in [5.74, 6) is 0. The molecule has 1 rings (SSSR count). The Balaban J connectivity index is 0.0000160. The van der Waals surface area contributed by atoms with E-state index in [0.717, 1.165) is 52.5 Å². The Bertz CT molecular complexity index is 504. The lowest BCUT2D eigenvalue weighted by atomic mass is 10.1. The van der Waals surface area contributed by atoms with Gasteiger partial charge in [-0.25, -0.2) is 0 Å². The minimum Gasteiger partial charge on any atom is -1.00 e. The van der Waals surface area contributed by atoms with E-state index in [1.54, 1.807) is 0 Å². The van der Waals surface area contributed by atoms with Crippen LogP contribution in [0, 0.1) is 0 Å². The standard InChI is InChI=1S/C35H74N3O2.BrH/c1-3-5-7-9-11-13-15-17-19-21-32-39-34-27-37-25-29-38(30-26-37,28-23-24-36)31-35-40-33-22-20-18-16-14-12-10-8-6-4-2;/h3-36H2,1-2H3;1H/q+1;/p-1. The fourth-order valence-electron chi connectivity index (χ4n) is 6.18. The summed E-state index contributed by atoms with van der Waals surface area (Å²) in [5, 5.41) is 0. The van der Waals surface area contributed by atoms with E-state index < -0.39 is 0 Å². The molecule has 0 aromatic rings. The second-order valence-corrected chi connectivity index (χ2v) is 12.8. The fraction of sp³-hybridized carbons (Fsp3) is 1.00. The van der Waals surface area contributed by atoms with Crippen LogP contribution in [-0.2, 0) is 9.47 Å². The number of nitrogens with two attached hydrogens (primary N) is 1. The summed E-state index contributed by atoms with van der Waals surface area (Å²) in [7, 11) is 0. The molecule has 2 N–H and O–H groups in total. The molecule has 1 saturated heterocycles. The van der Waals surface area contributed by atoms with Crippen molar-refractivity contribution in [3.05, 3.63) is 0 Å². The Morgan fingerprint density at radius 3 is 1.37 bits per heavy atom. The van der Waals surface area contributed by atoms with Crippen LogP contribution in [0.4, 0.5) is 0 Å². The van der Waals surface area contributed by atoms with E-state index in [2.05, 4.69) is 18.7 Å². The van der Waals surface area contributed by atoms with Crippen molar-refractivity contribution in [1.29, 1.82) is 0 Å². The second kappa shape index (κ2) is 31.7. The van der Waals surface area contributed by atoms with Gasteiger partial charge in [-0.2, -0.15) is 0 Å². The van der Waals surface area contributed by atoms with Crippen molar-refractivity contribution in [2.24, 2.45) is 5.73 Å². The summed E-state index contributed by atoms with van der Waals surface area (Å²) in [6.07, 6.45) is 28.8. The molecule has 0 bridgehead atoms. The number of unbranched alkanes of at least 4 members (excludes halogenated alkanes) is 18. The van der Waals surface area contributed by atoms with Crippen LogP contribution in [0.15, 0.2) is 0 Å². The lowest BCUT2D eigenvalue weighted by Crippen LogP contribution is -3.00. The molecular weight excluding hydrogens is 574 g/mol. The van der Waals surface area contributed by atoms with Crippen LogP contribution in [-0.4, -0.2) is 88.2 Å². The Morgan fingerprint density at radius 1 is 0.512 bits per heavy atom. The van der Waals surface area contributed by atoms with Crippen LogP contribution in [0.3, 0.4) is 0 Å². The van der Waals surface area contributed by atoms with Gasteiger partial charge in [-0.3, -0.25) is 4.90 Å². The number of ether oxygens (including phenoxy) is 2. The van der Waals surface area contributed by atoms with Crippen LogP contribution in [0.2, 0.25) is 0 Å². The van der Waals surface area contributed by atoms with Gasteiger partial charge in [0.1, 0.15) is 6.54 Å². The van der Waals surface area contributed by atoms with Gasteiger partial charge in [-0.15, -0.1) is 0 Å². The van der Waals surface area contributed by atoms with Crippen molar-refractivity contribution in [2.75, 3.05) is 78.8 Å². The molecule has 0 atom stereocenters. The molecule has 248 valence electrons. The second-order valence-electron chi connectivity index (χ2n) is 12.8. The van der Waals surface area contributed by atoms with Gasteiger partial charge in [-0.05, 0) is 19.4 Å². The monoisotopic (exact) mass is 647 g/mol. The minimum atomic E-state index is 0. The third-order valence-electron chi connectivity index (χ3n) is 9.16. The fourth-order valence-corrected chi connectivity index (χ4v) is 6.18. The normalized spacial score (nSPS) is 15.3. The van der Waals surface area contributed by atoms with Gasteiger partial charge in [0.15, 0.2) is 0 Å². The molecule has 0 amide bonds. The summed E-state index contributed by atoms with van der Waals surface area (Å²) in [6, 6.07) is 0. The lowest BCUT2D eigenvalue weighted by molar-refractivity contribution is -0.932. The number of rotatable bonds is 31. The SMILES string of the molecule is CCCCCCCCCCCCOCCN1CC[N+](CCCN)(CCOCCCCCCCCCCCC)CC1.[Br-]. The van der Waals surface area contributed by atoms with Crippen molar-refractivity contribution >= 4 is 0 Å². The van der Waals surface area contributed by atoms with Gasteiger partial charge >= 0.3 is 0 Å². The summed E-state index contributed by atoms with van der Waals surface area (Å²) >= 11 is 0. The topological polar surface area (TPSA) is 47.7 Å². The number of hydrogen-bond acceptors (Lipinski definition) is 4. The smallest absolute Gasteiger partial charge is 0.102 e. The highest BCUT2D eigenvalue weighted by molar-refractivity contribution is 4.65. The summed E-state index contributed by atoms with van der Waals surface area (Å²) in [4.78, 5) is 2.61. The number of quaternary nitrogens is 1. The molecule has 1 heterocycles. The van der Waals surface area contributed by atoms with Crippen LogP contribution < -0.4 is 22.7 Å². The van der Waals surface area contributed by atoms with Crippen molar-refractivity contribution in [2.45, 2.75) is 149 Å². The van der Waals surface area contributed by atoms with Gasteiger partial charge in [-0.1, -0.05) is 129 Å². The van der Waals surface area contributed by atoms with Crippen LogP contribution in [0.25, 0.3) is 0 Å². The molecule has 0 spiro atoms. The molecule has 0 aromatic carbocycles.